The van der Waals surface area contributed by atoms with Crippen molar-refractivity contribution >= 4 is 0 Å². The number of nitrogens with two attached hydrogens (primary N) is 1. The van der Waals surface area contributed by atoms with Crippen molar-refractivity contribution < 1.29 is 4.74 Å². The van der Waals surface area contributed by atoms with Crippen LogP contribution >= 0.6 is 0 Å². The molecule has 0 aliphatic carbocycles. The highest BCUT2D eigenvalue weighted by Gasteiger charge is 2.16. The summed E-state index contributed by atoms with van der Waals surface area (Å²) in [5.41, 5.74) is 5.40. The highest BCUT2D eigenvalue weighted by Crippen LogP contribution is 2.14. The Bertz CT molecular complexity index is 99.7. The van der Waals surface area contributed by atoms with E-state index in [9.17, 15) is 0 Å². The lowest BCUT2D eigenvalue weighted by Crippen LogP contribution is -2.29. The van der Waals surface area contributed by atoms with Crippen molar-refractivity contribution in [2.24, 2.45) is 11.7 Å². The minimum Gasteiger partial charge on any atom is -0.375 e. The van der Waals surface area contributed by atoms with Crippen molar-refractivity contribution in [2.75, 3.05) is 13.2 Å². The molecule has 0 fully saturated rings. The fourth-order valence-electron chi connectivity index (χ4n) is 0.812. The highest BCUT2D eigenvalue weighted by molar-refractivity contribution is 4.68. The van der Waals surface area contributed by atoms with Gasteiger partial charge in [0.05, 0.1) is 5.60 Å². The van der Waals surface area contributed by atoms with Gasteiger partial charge in [-0.2, -0.15) is 0 Å². The Morgan fingerprint density at radius 2 is 1.91 bits per heavy atom. The highest BCUT2D eigenvalue weighted by atomic mass is 16.5. The van der Waals surface area contributed by atoms with Crippen LogP contribution in [-0.4, -0.2) is 18.8 Å². The van der Waals surface area contributed by atoms with E-state index in [0.717, 1.165) is 13.0 Å². The lowest BCUT2D eigenvalue weighted by atomic mass is 10.1. The molecule has 0 aliphatic heterocycles. The maximum Gasteiger partial charge on any atom is 0.0638 e. The molecule has 0 saturated carbocycles. The third-order valence-electron chi connectivity index (χ3n) is 1.55. The van der Waals surface area contributed by atoms with Gasteiger partial charge in [0.2, 0.25) is 0 Å². The minimum atomic E-state index is -0.0426. The first kappa shape index (κ1) is 10.9. The number of ether oxygens (including phenoxy) is 1. The quantitative estimate of drug-likeness (QED) is 0.663. The van der Waals surface area contributed by atoms with Crippen LogP contribution in [-0.2, 0) is 4.74 Å². The van der Waals surface area contributed by atoms with Gasteiger partial charge in [0.15, 0.2) is 0 Å². The standard InChI is InChI=1S/C9H21NO/c1-8(2)7-11-9(3,4)5-6-10/h8H,5-7,10H2,1-4H3. The average molecular weight is 159 g/mol. The average Bonchev–Trinajstić information content (AvgIpc) is 1.84. The zero-order valence-corrected chi connectivity index (χ0v) is 8.18. The molecule has 0 atom stereocenters. The van der Waals surface area contributed by atoms with Crippen LogP contribution in [0.4, 0.5) is 0 Å². The Morgan fingerprint density at radius 1 is 1.36 bits per heavy atom. The molecule has 0 heterocycles. The Morgan fingerprint density at radius 3 is 2.27 bits per heavy atom. The molecule has 2 N–H and O–H groups in total. The normalized spacial score (nSPS) is 12.5. The van der Waals surface area contributed by atoms with Crippen LogP contribution in [0.15, 0.2) is 0 Å². The first-order valence-electron chi connectivity index (χ1n) is 4.32. The zero-order chi connectivity index (χ0) is 8.91. The summed E-state index contributed by atoms with van der Waals surface area (Å²) in [7, 11) is 0. The van der Waals surface area contributed by atoms with Crippen LogP contribution < -0.4 is 5.73 Å². The van der Waals surface area contributed by atoms with Gasteiger partial charge in [-0.3, -0.25) is 0 Å². The lowest BCUT2D eigenvalue weighted by Gasteiger charge is -2.25. The minimum absolute atomic E-state index is 0.0426. The van der Waals surface area contributed by atoms with E-state index in [1.807, 2.05) is 0 Å². The molecule has 0 rings (SSSR count). The monoisotopic (exact) mass is 159 g/mol. The number of rotatable bonds is 5. The summed E-state index contributed by atoms with van der Waals surface area (Å²) >= 11 is 0. The van der Waals surface area contributed by atoms with E-state index in [-0.39, 0.29) is 5.60 Å². The number of hydrogen-bond donors (Lipinski definition) is 1. The van der Waals surface area contributed by atoms with Crippen molar-refractivity contribution in [2.45, 2.75) is 39.7 Å². The number of hydrogen-bond acceptors (Lipinski definition) is 2. The van der Waals surface area contributed by atoms with Gasteiger partial charge in [-0.15, -0.1) is 0 Å². The predicted molar refractivity (Wildman–Crippen MR) is 48.5 cm³/mol. The van der Waals surface area contributed by atoms with Crippen molar-refractivity contribution in [1.82, 2.24) is 0 Å². The molecule has 0 radical (unpaired) electrons. The third kappa shape index (κ3) is 6.32. The second-order valence-corrected chi connectivity index (χ2v) is 4.00. The summed E-state index contributed by atoms with van der Waals surface area (Å²) in [6.45, 7) is 10.00. The second kappa shape index (κ2) is 4.73. The third-order valence-corrected chi connectivity index (χ3v) is 1.55. The van der Waals surface area contributed by atoms with E-state index in [0.29, 0.717) is 12.5 Å². The maximum absolute atomic E-state index is 5.65. The van der Waals surface area contributed by atoms with E-state index >= 15 is 0 Å². The van der Waals surface area contributed by atoms with Crippen LogP contribution in [0, 0.1) is 5.92 Å². The summed E-state index contributed by atoms with van der Waals surface area (Å²) in [5.74, 6) is 0.604. The molecule has 2 heteroatoms. The van der Waals surface area contributed by atoms with Crippen molar-refractivity contribution in [3.63, 3.8) is 0 Å². The Hall–Kier alpha value is -0.0800. The zero-order valence-electron chi connectivity index (χ0n) is 8.18. The van der Waals surface area contributed by atoms with Crippen LogP contribution in [0.5, 0.6) is 0 Å². The molecule has 2 nitrogen and oxygen atoms in total. The van der Waals surface area contributed by atoms with Gasteiger partial charge < -0.3 is 10.5 Å². The van der Waals surface area contributed by atoms with Gasteiger partial charge in [-0.05, 0) is 32.7 Å². The van der Waals surface area contributed by atoms with E-state index in [1.165, 1.54) is 0 Å². The van der Waals surface area contributed by atoms with Crippen molar-refractivity contribution in [3.05, 3.63) is 0 Å². The molecular weight excluding hydrogens is 138 g/mol. The SMILES string of the molecule is CC(C)COC(C)(C)CCN. The van der Waals surface area contributed by atoms with E-state index in [1.54, 1.807) is 0 Å². The smallest absolute Gasteiger partial charge is 0.0638 e. The molecule has 0 bridgehead atoms. The molecule has 0 unspecified atom stereocenters. The molecular formula is C9H21NO. The summed E-state index contributed by atoms with van der Waals surface area (Å²) in [4.78, 5) is 0. The molecule has 11 heavy (non-hydrogen) atoms. The van der Waals surface area contributed by atoms with Crippen LogP contribution in [0.3, 0.4) is 0 Å². The van der Waals surface area contributed by atoms with E-state index < -0.39 is 0 Å². The lowest BCUT2D eigenvalue weighted by molar-refractivity contribution is -0.0342. The Labute approximate surface area is 70.1 Å². The van der Waals surface area contributed by atoms with Crippen molar-refractivity contribution in [3.8, 4) is 0 Å². The fraction of sp³-hybridized carbons (Fsp3) is 1.00. The summed E-state index contributed by atoms with van der Waals surface area (Å²) < 4.78 is 5.65. The second-order valence-electron chi connectivity index (χ2n) is 4.00. The molecule has 0 aliphatic rings. The summed E-state index contributed by atoms with van der Waals surface area (Å²) in [5, 5.41) is 0. The Balaban J connectivity index is 3.54. The summed E-state index contributed by atoms with van der Waals surface area (Å²) in [6.07, 6.45) is 0.930. The Kier molecular flexibility index (Phi) is 4.69. The first-order valence-corrected chi connectivity index (χ1v) is 4.32. The van der Waals surface area contributed by atoms with Gasteiger partial charge >= 0.3 is 0 Å². The maximum atomic E-state index is 5.65. The topological polar surface area (TPSA) is 35.2 Å². The van der Waals surface area contributed by atoms with Gasteiger partial charge in [-0.1, -0.05) is 13.8 Å². The fourth-order valence-corrected chi connectivity index (χ4v) is 0.812. The molecule has 0 aromatic rings. The molecule has 0 aromatic carbocycles. The van der Waals surface area contributed by atoms with Gasteiger partial charge in [0.25, 0.3) is 0 Å². The molecule has 0 amide bonds. The van der Waals surface area contributed by atoms with Crippen LogP contribution in [0.2, 0.25) is 0 Å². The van der Waals surface area contributed by atoms with Crippen LogP contribution in [0.1, 0.15) is 34.1 Å². The molecule has 68 valence electrons. The van der Waals surface area contributed by atoms with Crippen molar-refractivity contribution in [1.29, 1.82) is 0 Å². The molecule has 0 aromatic heterocycles. The van der Waals surface area contributed by atoms with Gasteiger partial charge in [0, 0.05) is 6.61 Å². The molecule has 0 spiro atoms. The van der Waals surface area contributed by atoms with Gasteiger partial charge in [0.1, 0.15) is 0 Å². The van der Waals surface area contributed by atoms with E-state index in [4.69, 9.17) is 10.5 Å². The van der Waals surface area contributed by atoms with Gasteiger partial charge in [-0.25, -0.2) is 0 Å². The van der Waals surface area contributed by atoms with E-state index in [2.05, 4.69) is 27.7 Å². The molecule has 0 saturated heterocycles. The largest absolute Gasteiger partial charge is 0.375 e. The first-order chi connectivity index (χ1) is 4.98. The summed E-state index contributed by atoms with van der Waals surface area (Å²) in [6, 6.07) is 0. The van der Waals surface area contributed by atoms with Crippen LogP contribution in [0.25, 0.3) is 0 Å². The predicted octanol–water partition coefficient (Wildman–Crippen LogP) is 1.79.